The topological polar surface area (TPSA) is 52.5 Å². The van der Waals surface area contributed by atoms with Crippen LogP contribution < -0.4 is 10.5 Å². The molecule has 0 spiro atoms. The van der Waals surface area contributed by atoms with E-state index in [-0.39, 0.29) is 6.61 Å². The summed E-state index contributed by atoms with van der Waals surface area (Å²) in [5.41, 5.74) is 11.1. The molecule has 0 bridgehead atoms. The number of alkyl halides is 1. The smallest absolute Gasteiger partial charge is 0.123 e. The highest BCUT2D eigenvalue weighted by molar-refractivity contribution is 5.88. The van der Waals surface area contributed by atoms with Gasteiger partial charge in [0.2, 0.25) is 0 Å². The molecule has 4 aromatic rings. The van der Waals surface area contributed by atoms with E-state index in [1.807, 2.05) is 60.8 Å². The van der Waals surface area contributed by atoms with E-state index in [0.717, 1.165) is 27.8 Å². The number of anilines is 1. The molecule has 0 amide bonds. The van der Waals surface area contributed by atoms with Crippen LogP contribution in [0.1, 0.15) is 0 Å². The summed E-state index contributed by atoms with van der Waals surface area (Å²) < 4.78 is 19.8. The molecule has 0 aliphatic carbocycles. The molecule has 0 saturated heterocycles. The number of nitrogens with zero attached hydrogens (tertiary/aromatic N) is 2. The molecule has 5 heteroatoms. The van der Waals surface area contributed by atoms with E-state index in [9.17, 15) is 4.39 Å². The van der Waals surface area contributed by atoms with E-state index in [1.165, 1.54) is 0 Å². The molecule has 0 atom stereocenters. The minimum atomic E-state index is -0.515. The van der Waals surface area contributed by atoms with Gasteiger partial charge in [-0.25, -0.2) is 9.37 Å². The highest BCUT2D eigenvalue weighted by Gasteiger charge is 2.11. The third kappa shape index (κ3) is 2.44. The summed E-state index contributed by atoms with van der Waals surface area (Å²) in [6.07, 6.45) is 2.00. The number of aromatic nitrogens is 2. The van der Waals surface area contributed by atoms with Gasteiger partial charge in [0.25, 0.3) is 0 Å². The number of halogens is 1. The Labute approximate surface area is 138 Å². The molecule has 2 heterocycles. The van der Waals surface area contributed by atoms with Crippen LogP contribution in [-0.4, -0.2) is 22.7 Å². The van der Waals surface area contributed by atoms with Gasteiger partial charge in [0.05, 0.1) is 22.2 Å². The van der Waals surface area contributed by atoms with E-state index < -0.39 is 6.67 Å². The second-order valence-electron chi connectivity index (χ2n) is 5.53. The Balaban J connectivity index is 1.93. The van der Waals surface area contributed by atoms with Crippen LogP contribution in [0, 0.1) is 0 Å². The lowest BCUT2D eigenvalue weighted by molar-refractivity contribution is 0.273. The number of benzene rings is 2. The van der Waals surface area contributed by atoms with Crippen LogP contribution in [-0.2, 0) is 0 Å². The summed E-state index contributed by atoms with van der Waals surface area (Å²) in [6.45, 7) is -0.471. The summed E-state index contributed by atoms with van der Waals surface area (Å²) in [5.74, 6) is 0.613. The molecule has 2 aromatic heterocycles. The Morgan fingerprint density at radius 1 is 1.04 bits per heavy atom. The summed E-state index contributed by atoms with van der Waals surface area (Å²) in [6, 6.07) is 17.3. The molecule has 4 nitrogen and oxygen atoms in total. The van der Waals surface area contributed by atoms with Crippen molar-refractivity contribution in [3.63, 3.8) is 0 Å². The molecular formula is C19H16FN3O. The van der Waals surface area contributed by atoms with Crippen molar-refractivity contribution < 1.29 is 9.13 Å². The van der Waals surface area contributed by atoms with Crippen molar-refractivity contribution in [3.05, 3.63) is 60.8 Å². The number of ether oxygens (including phenoxy) is 1. The zero-order valence-electron chi connectivity index (χ0n) is 12.9. The van der Waals surface area contributed by atoms with Crippen molar-refractivity contribution in [2.24, 2.45) is 0 Å². The van der Waals surface area contributed by atoms with E-state index >= 15 is 0 Å². The fraction of sp³-hybridized carbons (Fsp3) is 0.105. The second kappa shape index (κ2) is 5.85. The highest BCUT2D eigenvalue weighted by Crippen LogP contribution is 2.29. The molecule has 2 N–H and O–H groups in total. The molecule has 0 radical (unpaired) electrons. The minimum Gasteiger partial charge on any atom is -0.491 e. The van der Waals surface area contributed by atoms with Gasteiger partial charge in [-0.15, -0.1) is 0 Å². The van der Waals surface area contributed by atoms with Crippen molar-refractivity contribution >= 4 is 22.2 Å². The lowest BCUT2D eigenvalue weighted by atomic mass is 10.1. The fourth-order valence-electron chi connectivity index (χ4n) is 2.86. The zero-order valence-corrected chi connectivity index (χ0v) is 12.9. The molecule has 0 aliphatic rings. The highest BCUT2D eigenvalue weighted by atomic mass is 19.1. The Kier molecular flexibility index (Phi) is 3.54. The van der Waals surface area contributed by atoms with Crippen LogP contribution >= 0.6 is 0 Å². The van der Waals surface area contributed by atoms with Crippen molar-refractivity contribution in [1.82, 2.24) is 9.38 Å². The van der Waals surface area contributed by atoms with Crippen LogP contribution in [0.3, 0.4) is 0 Å². The van der Waals surface area contributed by atoms with E-state index in [2.05, 4.69) is 4.40 Å². The summed E-state index contributed by atoms with van der Waals surface area (Å²) in [7, 11) is 0. The predicted octanol–water partition coefficient (Wildman–Crippen LogP) is 4.09. The first kappa shape index (κ1) is 14.5. The number of rotatable bonds is 4. The fourth-order valence-corrected chi connectivity index (χ4v) is 2.86. The number of fused-ring (bicyclic) bond motifs is 3. The van der Waals surface area contributed by atoms with E-state index in [4.69, 9.17) is 15.5 Å². The molecular weight excluding hydrogens is 305 g/mol. The maximum absolute atomic E-state index is 12.3. The Bertz CT molecular complexity index is 1010. The van der Waals surface area contributed by atoms with Crippen LogP contribution in [0.25, 0.3) is 27.8 Å². The van der Waals surface area contributed by atoms with Crippen molar-refractivity contribution in [3.8, 4) is 17.0 Å². The van der Waals surface area contributed by atoms with Gasteiger partial charge in [-0.3, -0.25) is 0 Å². The number of hydrogen-bond acceptors (Lipinski definition) is 3. The number of hydrogen-bond donors (Lipinski definition) is 1. The largest absolute Gasteiger partial charge is 0.491 e. The Morgan fingerprint density at radius 2 is 1.88 bits per heavy atom. The first-order valence-corrected chi connectivity index (χ1v) is 7.72. The molecule has 0 unspecified atom stereocenters. The normalized spacial score (nSPS) is 11.2. The summed E-state index contributed by atoms with van der Waals surface area (Å²) in [5, 5.41) is 0. The molecule has 0 fully saturated rings. The first-order valence-electron chi connectivity index (χ1n) is 7.72. The van der Waals surface area contributed by atoms with Gasteiger partial charge in [0, 0.05) is 23.5 Å². The molecule has 2 aromatic carbocycles. The van der Waals surface area contributed by atoms with Crippen LogP contribution in [0.4, 0.5) is 10.1 Å². The van der Waals surface area contributed by atoms with Gasteiger partial charge in [0.15, 0.2) is 0 Å². The lowest BCUT2D eigenvalue weighted by Gasteiger charge is -2.11. The zero-order chi connectivity index (χ0) is 16.5. The van der Waals surface area contributed by atoms with Crippen molar-refractivity contribution in [1.29, 1.82) is 0 Å². The first-order chi connectivity index (χ1) is 11.8. The maximum Gasteiger partial charge on any atom is 0.123 e. The van der Waals surface area contributed by atoms with Gasteiger partial charge >= 0.3 is 0 Å². The third-order valence-electron chi connectivity index (χ3n) is 3.96. The van der Waals surface area contributed by atoms with Crippen LogP contribution in [0.15, 0.2) is 60.8 Å². The molecule has 24 heavy (non-hydrogen) atoms. The van der Waals surface area contributed by atoms with Gasteiger partial charge in [-0.05, 0) is 36.4 Å². The van der Waals surface area contributed by atoms with Gasteiger partial charge in [-0.1, -0.05) is 12.1 Å². The average Bonchev–Trinajstić information content (AvgIpc) is 3.09. The summed E-state index contributed by atoms with van der Waals surface area (Å²) >= 11 is 0. The van der Waals surface area contributed by atoms with Gasteiger partial charge in [0.1, 0.15) is 19.0 Å². The van der Waals surface area contributed by atoms with Crippen LogP contribution in [0.2, 0.25) is 0 Å². The van der Waals surface area contributed by atoms with Gasteiger partial charge < -0.3 is 14.9 Å². The number of nitrogens with two attached hydrogens (primary N) is 1. The lowest BCUT2D eigenvalue weighted by Crippen LogP contribution is -2.00. The van der Waals surface area contributed by atoms with E-state index in [1.54, 1.807) is 0 Å². The molecule has 0 aliphatic heterocycles. The monoisotopic (exact) mass is 321 g/mol. The van der Waals surface area contributed by atoms with Crippen molar-refractivity contribution in [2.75, 3.05) is 19.0 Å². The average molecular weight is 321 g/mol. The molecule has 0 saturated carbocycles. The quantitative estimate of drug-likeness (QED) is 0.576. The standard InChI is InChI=1S/C19H16FN3O/c20-9-11-24-15-7-8-17-16(12-15)22-19(18-2-1-10-23(17)18)13-3-5-14(21)6-4-13/h1-8,10,12H,9,11,21H2. The second-order valence-corrected chi connectivity index (χ2v) is 5.53. The predicted molar refractivity (Wildman–Crippen MR) is 94.0 cm³/mol. The Hall–Kier alpha value is -3.08. The third-order valence-corrected chi connectivity index (χ3v) is 3.96. The van der Waals surface area contributed by atoms with Gasteiger partial charge in [-0.2, -0.15) is 0 Å². The van der Waals surface area contributed by atoms with Crippen molar-refractivity contribution in [2.45, 2.75) is 0 Å². The summed E-state index contributed by atoms with van der Waals surface area (Å²) in [4.78, 5) is 4.81. The molecule has 4 rings (SSSR count). The van der Waals surface area contributed by atoms with Crippen LogP contribution in [0.5, 0.6) is 5.75 Å². The molecule has 120 valence electrons. The van der Waals surface area contributed by atoms with E-state index in [0.29, 0.717) is 11.4 Å². The minimum absolute atomic E-state index is 0.0437. The SMILES string of the molecule is Nc1ccc(-c2nc3cc(OCCF)ccc3n3cccc23)cc1. The number of nitrogen functional groups attached to an aromatic ring is 1. The Morgan fingerprint density at radius 3 is 2.67 bits per heavy atom. The maximum atomic E-state index is 12.3.